The lowest BCUT2D eigenvalue weighted by Crippen LogP contribution is -2.40. The zero-order valence-electron chi connectivity index (χ0n) is 13.7. The molecule has 1 amide bonds. The third kappa shape index (κ3) is 5.81. The van der Waals surface area contributed by atoms with Crippen LogP contribution in [0.15, 0.2) is 0 Å². The average molecular weight is 285 g/mol. The van der Waals surface area contributed by atoms with E-state index in [9.17, 15) is 4.79 Å². The summed E-state index contributed by atoms with van der Waals surface area (Å²) < 4.78 is 0. The molecule has 0 bridgehead atoms. The molecule has 0 spiro atoms. The van der Waals surface area contributed by atoms with Gasteiger partial charge in [-0.25, -0.2) is 0 Å². The number of carbonyl (C=O) groups excluding carboxylic acids is 1. The molecule has 1 N–H and O–H groups in total. The van der Waals surface area contributed by atoms with Crippen molar-refractivity contribution in [1.29, 1.82) is 0 Å². The zero-order chi connectivity index (χ0) is 14.7. The van der Waals surface area contributed by atoms with E-state index >= 15 is 0 Å². The summed E-state index contributed by atoms with van der Waals surface area (Å²) in [5, 5.41) is 3.74. The van der Waals surface area contributed by atoms with Crippen molar-refractivity contribution in [2.75, 3.05) is 6.16 Å². The Labute approximate surface area is 120 Å². The van der Waals surface area contributed by atoms with Gasteiger partial charge in [0.1, 0.15) is 0 Å². The molecule has 1 fully saturated rings. The standard InChI is InChI=1S/C16H32NOP/c1-15(2,3)19(16(4,5)6)12-14(18)17-13-10-8-7-9-11-13/h13H,7-12H2,1-6H3,(H,17,18). The molecule has 3 heteroatoms. The van der Waals surface area contributed by atoms with Gasteiger partial charge in [-0.3, -0.25) is 4.79 Å². The van der Waals surface area contributed by atoms with Gasteiger partial charge in [-0.2, -0.15) is 0 Å². The molecule has 0 unspecified atom stereocenters. The summed E-state index contributed by atoms with van der Waals surface area (Å²) in [6.45, 7) is 13.7. The van der Waals surface area contributed by atoms with Crippen molar-refractivity contribution >= 4 is 13.8 Å². The molecule has 0 atom stereocenters. The number of carbonyl (C=O) groups is 1. The van der Waals surface area contributed by atoms with Crippen LogP contribution < -0.4 is 5.32 Å². The van der Waals surface area contributed by atoms with E-state index in [1.54, 1.807) is 0 Å². The lowest BCUT2D eigenvalue weighted by molar-refractivity contribution is -0.119. The number of amides is 1. The second-order valence-corrected chi connectivity index (χ2v) is 11.7. The van der Waals surface area contributed by atoms with Gasteiger partial charge in [0.15, 0.2) is 0 Å². The fourth-order valence-corrected chi connectivity index (χ4v) is 6.48. The van der Waals surface area contributed by atoms with E-state index in [0.29, 0.717) is 6.04 Å². The van der Waals surface area contributed by atoms with E-state index in [1.165, 1.54) is 32.1 Å². The molecule has 1 rings (SSSR count). The minimum Gasteiger partial charge on any atom is -0.353 e. The maximum Gasteiger partial charge on any atom is 0.224 e. The summed E-state index contributed by atoms with van der Waals surface area (Å²) in [6, 6.07) is 0.443. The smallest absolute Gasteiger partial charge is 0.224 e. The number of nitrogens with one attached hydrogen (secondary N) is 1. The van der Waals surface area contributed by atoms with Crippen molar-refractivity contribution in [3.8, 4) is 0 Å². The maximum absolute atomic E-state index is 12.3. The van der Waals surface area contributed by atoms with Crippen molar-refractivity contribution < 1.29 is 4.79 Å². The van der Waals surface area contributed by atoms with Gasteiger partial charge in [-0.1, -0.05) is 68.7 Å². The van der Waals surface area contributed by atoms with Gasteiger partial charge in [0.25, 0.3) is 0 Å². The highest BCUT2D eigenvalue weighted by Crippen LogP contribution is 2.58. The van der Waals surface area contributed by atoms with Crippen LogP contribution in [0.2, 0.25) is 0 Å². The summed E-state index contributed by atoms with van der Waals surface area (Å²) in [6.07, 6.45) is 6.96. The van der Waals surface area contributed by atoms with Gasteiger partial charge >= 0.3 is 0 Å². The van der Waals surface area contributed by atoms with Gasteiger partial charge in [0.2, 0.25) is 5.91 Å². The van der Waals surface area contributed by atoms with Crippen LogP contribution in [0.25, 0.3) is 0 Å². The maximum atomic E-state index is 12.3. The van der Waals surface area contributed by atoms with Gasteiger partial charge < -0.3 is 5.32 Å². The van der Waals surface area contributed by atoms with Crippen LogP contribution in [0, 0.1) is 0 Å². The van der Waals surface area contributed by atoms with E-state index in [-0.39, 0.29) is 24.1 Å². The van der Waals surface area contributed by atoms with E-state index in [2.05, 4.69) is 46.9 Å². The van der Waals surface area contributed by atoms with Crippen LogP contribution in [0.4, 0.5) is 0 Å². The highest BCUT2D eigenvalue weighted by Gasteiger charge is 2.35. The highest BCUT2D eigenvalue weighted by molar-refractivity contribution is 7.61. The first kappa shape index (κ1) is 17.0. The van der Waals surface area contributed by atoms with Crippen LogP contribution in [0.1, 0.15) is 73.6 Å². The van der Waals surface area contributed by atoms with Crippen molar-refractivity contribution in [2.45, 2.75) is 90.0 Å². The first-order valence-electron chi connectivity index (χ1n) is 7.68. The van der Waals surface area contributed by atoms with Crippen LogP contribution >= 0.6 is 7.92 Å². The van der Waals surface area contributed by atoms with Gasteiger partial charge in [-0.05, 0) is 23.2 Å². The molecular formula is C16H32NOP. The molecule has 19 heavy (non-hydrogen) atoms. The van der Waals surface area contributed by atoms with Gasteiger partial charge in [0, 0.05) is 12.2 Å². The van der Waals surface area contributed by atoms with Crippen molar-refractivity contribution in [3.05, 3.63) is 0 Å². The summed E-state index contributed by atoms with van der Waals surface area (Å²) >= 11 is 0. The molecule has 1 aliphatic carbocycles. The molecule has 0 heterocycles. The van der Waals surface area contributed by atoms with Crippen LogP contribution in [-0.2, 0) is 4.79 Å². The second-order valence-electron chi connectivity index (χ2n) is 7.83. The topological polar surface area (TPSA) is 29.1 Å². The second kappa shape index (κ2) is 6.57. The minimum atomic E-state index is -0.321. The molecule has 112 valence electrons. The molecule has 1 aliphatic rings. The number of rotatable bonds is 3. The lowest BCUT2D eigenvalue weighted by atomic mass is 9.95. The summed E-state index contributed by atoms with van der Waals surface area (Å²) in [7, 11) is -0.321. The fourth-order valence-electron chi connectivity index (χ4n) is 3.14. The first-order chi connectivity index (χ1) is 8.60. The zero-order valence-corrected chi connectivity index (χ0v) is 14.6. The van der Waals surface area contributed by atoms with Gasteiger partial charge in [-0.15, -0.1) is 0 Å². The number of hydrogen-bond donors (Lipinski definition) is 1. The Hall–Kier alpha value is -0.100. The van der Waals surface area contributed by atoms with Crippen LogP contribution in [-0.4, -0.2) is 28.4 Å². The monoisotopic (exact) mass is 285 g/mol. The highest BCUT2D eigenvalue weighted by atomic mass is 31.1. The molecular weight excluding hydrogens is 253 g/mol. The molecule has 0 aromatic carbocycles. The summed E-state index contributed by atoms with van der Waals surface area (Å²) in [4.78, 5) is 12.3. The Morgan fingerprint density at radius 3 is 1.89 bits per heavy atom. The SMILES string of the molecule is CC(C)(C)P(CC(=O)NC1CCCCC1)C(C)(C)C. The quantitative estimate of drug-likeness (QED) is 0.759. The fraction of sp³-hybridized carbons (Fsp3) is 0.938. The average Bonchev–Trinajstić information content (AvgIpc) is 2.24. The van der Waals surface area contributed by atoms with E-state index in [4.69, 9.17) is 0 Å². The third-order valence-electron chi connectivity index (χ3n) is 3.89. The summed E-state index contributed by atoms with van der Waals surface area (Å²) in [5.41, 5.74) is 0. The van der Waals surface area contributed by atoms with Gasteiger partial charge in [0.05, 0.1) is 0 Å². The molecule has 0 radical (unpaired) electrons. The van der Waals surface area contributed by atoms with Crippen molar-refractivity contribution in [1.82, 2.24) is 5.32 Å². The molecule has 0 saturated heterocycles. The largest absolute Gasteiger partial charge is 0.353 e. The van der Waals surface area contributed by atoms with E-state index in [0.717, 1.165) is 6.16 Å². The number of hydrogen-bond acceptors (Lipinski definition) is 1. The van der Waals surface area contributed by atoms with Crippen LogP contribution in [0.5, 0.6) is 0 Å². The normalized spacial score (nSPS) is 18.7. The molecule has 0 aromatic rings. The Balaban J connectivity index is 2.56. The summed E-state index contributed by atoms with van der Waals surface area (Å²) in [5.74, 6) is 0.280. The molecule has 0 aliphatic heterocycles. The lowest BCUT2D eigenvalue weighted by Gasteiger charge is -2.41. The minimum absolute atomic E-state index is 0.234. The Bertz CT molecular complexity index is 281. The van der Waals surface area contributed by atoms with E-state index < -0.39 is 0 Å². The van der Waals surface area contributed by atoms with E-state index in [1.807, 2.05) is 0 Å². The Kier molecular flexibility index (Phi) is 5.86. The van der Waals surface area contributed by atoms with Crippen LogP contribution in [0.3, 0.4) is 0 Å². The Morgan fingerprint density at radius 1 is 1.00 bits per heavy atom. The molecule has 1 saturated carbocycles. The molecule has 2 nitrogen and oxygen atoms in total. The molecule has 0 aromatic heterocycles. The predicted molar refractivity (Wildman–Crippen MR) is 86.3 cm³/mol. The van der Waals surface area contributed by atoms with Crippen molar-refractivity contribution in [2.24, 2.45) is 0 Å². The first-order valence-corrected chi connectivity index (χ1v) is 9.20. The van der Waals surface area contributed by atoms with Crippen molar-refractivity contribution in [3.63, 3.8) is 0 Å². The third-order valence-corrected chi connectivity index (χ3v) is 7.73. The predicted octanol–water partition coefficient (Wildman–Crippen LogP) is 4.51. The Morgan fingerprint density at radius 2 is 1.47 bits per heavy atom.